The second-order valence-corrected chi connectivity index (χ2v) is 11.3. The SMILES string of the molecule is Cc1c2c(n(-c3ccc(C(=O)O)cc3)c(=O)/c1=C\c1cc3c4c(c1)CCCN4CCC3)=NN(c1ccc(C(=O)O)cc1)C2=O. The summed E-state index contributed by atoms with van der Waals surface area (Å²) in [5, 5.41) is 24.8. The summed E-state index contributed by atoms with van der Waals surface area (Å²) in [4.78, 5) is 53.5. The number of amides is 1. The lowest BCUT2D eigenvalue weighted by Crippen LogP contribution is -2.45. The van der Waals surface area contributed by atoms with Gasteiger partial charge in [0, 0.05) is 24.0 Å². The lowest BCUT2D eigenvalue weighted by atomic mass is 9.90. The monoisotopic (exact) mass is 588 g/mol. The highest BCUT2D eigenvalue weighted by Crippen LogP contribution is 2.36. The Kier molecular flexibility index (Phi) is 6.42. The van der Waals surface area contributed by atoms with Gasteiger partial charge in [-0.3, -0.25) is 14.2 Å². The summed E-state index contributed by atoms with van der Waals surface area (Å²) in [6, 6.07) is 15.9. The zero-order chi connectivity index (χ0) is 30.7. The number of carbonyl (C=O) groups excluding carboxylic acids is 1. The number of pyridine rings is 1. The number of fused-ring (bicyclic) bond motifs is 1. The Bertz CT molecular complexity index is 2050. The highest BCUT2D eigenvalue weighted by molar-refractivity contribution is 6.08. The first-order chi connectivity index (χ1) is 21.2. The number of aromatic nitrogens is 1. The van der Waals surface area contributed by atoms with Crippen molar-refractivity contribution in [1.82, 2.24) is 4.57 Å². The predicted octanol–water partition coefficient (Wildman–Crippen LogP) is 3.26. The van der Waals surface area contributed by atoms with E-state index in [-0.39, 0.29) is 22.2 Å². The first kappa shape index (κ1) is 27.3. The molecule has 0 radical (unpaired) electrons. The largest absolute Gasteiger partial charge is 0.478 e. The fourth-order valence-electron chi connectivity index (χ4n) is 6.55. The first-order valence-electron chi connectivity index (χ1n) is 14.5. The summed E-state index contributed by atoms with van der Waals surface area (Å²) in [5.74, 6) is -2.65. The average Bonchev–Trinajstić information content (AvgIpc) is 3.36. The number of nitrogens with zero attached hydrogens (tertiary/aromatic N) is 4. The Morgan fingerprint density at radius 3 is 1.91 bits per heavy atom. The molecule has 0 atom stereocenters. The maximum atomic E-state index is 14.3. The molecule has 0 unspecified atom stereocenters. The molecular formula is C34H28N4O6. The maximum Gasteiger partial charge on any atom is 0.335 e. The van der Waals surface area contributed by atoms with E-state index in [1.807, 2.05) is 6.08 Å². The van der Waals surface area contributed by atoms with Gasteiger partial charge in [0.25, 0.3) is 11.5 Å². The molecule has 3 aliphatic rings. The van der Waals surface area contributed by atoms with Crippen molar-refractivity contribution in [3.63, 3.8) is 0 Å². The molecule has 4 aromatic rings. The minimum Gasteiger partial charge on any atom is -0.478 e. The number of carboxylic acid groups (broad SMARTS) is 2. The molecule has 3 aliphatic heterocycles. The molecule has 1 aromatic heterocycles. The molecule has 10 heteroatoms. The van der Waals surface area contributed by atoms with E-state index >= 15 is 0 Å². The molecule has 1 amide bonds. The summed E-state index contributed by atoms with van der Waals surface area (Å²) in [5.41, 5.74) is 6.03. The van der Waals surface area contributed by atoms with Gasteiger partial charge in [0.15, 0.2) is 5.49 Å². The topological polar surface area (TPSA) is 133 Å². The van der Waals surface area contributed by atoms with Crippen LogP contribution in [-0.2, 0) is 12.8 Å². The van der Waals surface area contributed by atoms with Crippen molar-refractivity contribution in [2.24, 2.45) is 5.10 Å². The fourth-order valence-corrected chi connectivity index (χ4v) is 6.55. The van der Waals surface area contributed by atoms with Crippen molar-refractivity contribution in [2.75, 3.05) is 23.0 Å². The van der Waals surface area contributed by atoms with E-state index < -0.39 is 23.4 Å². The van der Waals surface area contributed by atoms with E-state index in [1.165, 1.54) is 69.9 Å². The molecule has 4 heterocycles. The molecule has 0 bridgehead atoms. The third-order valence-electron chi connectivity index (χ3n) is 8.65. The lowest BCUT2D eigenvalue weighted by molar-refractivity contribution is 0.0686. The number of aromatic carboxylic acids is 2. The zero-order valence-corrected chi connectivity index (χ0v) is 23.9. The Hall–Kier alpha value is -5.51. The van der Waals surface area contributed by atoms with Crippen LogP contribution in [0.1, 0.15) is 66.2 Å². The molecule has 220 valence electrons. The van der Waals surface area contributed by atoms with Crippen LogP contribution in [-0.4, -0.2) is 45.7 Å². The van der Waals surface area contributed by atoms with Gasteiger partial charge >= 0.3 is 11.9 Å². The molecule has 10 nitrogen and oxygen atoms in total. The molecule has 44 heavy (non-hydrogen) atoms. The second-order valence-electron chi connectivity index (χ2n) is 11.3. The highest BCUT2D eigenvalue weighted by Gasteiger charge is 2.31. The molecule has 2 N–H and O–H groups in total. The van der Waals surface area contributed by atoms with Crippen LogP contribution in [0, 0.1) is 6.92 Å². The number of carbonyl (C=O) groups is 3. The van der Waals surface area contributed by atoms with Gasteiger partial charge < -0.3 is 15.1 Å². The third kappa shape index (κ3) is 4.38. The van der Waals surface area contributed by atoms with E-state index in [1.54, 1.807) is 6.92 Å². The molecular weight excluding hydrogens is 560 g/mol. The third-order valence-corrected chi connectivity index (χ3v) is 8.65. The second kappa shape index (κ2) is 10.3. The van der Waals surface area contributed by atoms with Crippen LogP contribution in [0.4, 0.5) is 11.4 Å². The van der Waals surface area contributed by atoms with Gasteiger partial charge in [-0.05, 0) is 122 Å². The number of anilines is 2. The Balaban J connectivity index is 1.45. The molecule has 3 aromatic carbocycles. The van der Waals surface area contributed by atoms with Crippen LogP contribution < -0.4 is 26.2 Å². The predicted molar refractivity (Wildman–Crippen MR) is 164 cm³/mol. The summed E-state index contributed by atoms with van der Waals surface area (Å²) < 4.78 is 1.34. The van der Waals surface area contributed by atoms with Crippen LogP contribution in [0.15, 0.2) is 70.6 Å². The summed E-state index contributed by atoms with van der Waals surface area (Å²) in [6.07, 6.45) is 5.92. The number of carboxylic acids is 2. The van der Waals surface area contributed by atoms with Gasteiger partial charge in [-0.2, -0.15) is 5.01 Å². The van der Waals surface area contributed by atoms with Crippen LogP contribution in [0.5, 0.6) is 0 Å². The van der Waals surface area contributed by atoms with E-state index in [4.69, 9.17) is 0 Å². The van der Waals surface area contributed by atoms with Crippen molar-refractivity contribution in [3.05, 3.63) is 121 Å². The van der Waals surface area contributed by atoms with Gasteiger partial charge in [-0.25, -0.2) is 9.59 Å². The van der Waals surface area contributed by atoms with Gasteiger partial charge in [-0.15, -0.1) is 5.10 Å². The van der Waals surface area contributed by atoms with Crippen molar-refractivity contribution in [1.29, 1.82) is 0 Å². The first-order valence-corrected chi connectivity index (χ1v) is 14.5. The smallest absolute Gasteiger partial charge is 0.335 e. The molecule has 0 fully saturated rings. The van der Waals surface area contributed by atoms with Crippen molar-refractivity contribution in [2.45, 2.75) is 32.6 Å². The maximum absolute atomic E-state index is 14.3. The lowest BCUT2D eigenvalue weighted by Gasteiger charge is -2.37. The van der Waals surface area contributed by atoms with Crippen molar-refractivity contribution in [3.8, 4) is 5.69 Å². The number of hydrogen-bond acceptors (Lipinski definition) is 6. The van der Waals surface area contributed by atoms with E-state index in [9.17, 15) is 29.4 Å². The normalized spacial score (nSPS) is 15.6. The number of rotatable bonds is 5. The Morgan fingerprint density at radius 1 is 0.818 bits per heavy atom. The minimum atomic E-state index is -1.10. The highest BCUT2D eigenvalue weighted by atomic mass is 16.4. The van der Waals surface area contributed by atoms with Gasteiger partial charge in [0.05, 0.1) is 28.1 Å². The molecule has 7 rings (SSSR count). The number of hydrogen-bond donors (Lipinski definition) is 2. The Labute approximate surface area is 251 Å². The molecule has 0 saturated heterocycles. The van der Waals surface area contributed by atoms with E-state index in [0.29, 0.717) is 22.2 Å². The van der Waals surface area contributed by atoms with Crippen molar-refractivity contribution >= 4 is 35.3 Å². The number of aryl methyl sites for hydroxylation is 2. The molecule has 0 spiro atoms. The average molecular weight is 589 g/mol. The standard InChI is InChI=1S/C34H28N4O6/c1-19-27(18-20-16-23-4-2-14-36-15-3-5-24(17-20)29(23)36)31(39)37(25-10-6-21(7-11-25)33(41)42)30-28(19)32(40)38(35-30)26-12-8-22(9-13-26)34(43)44/h6-13,16-18H,2-5,14-15H2,1H3,(H,41,42)(H,43,44)/b27-18-. The quantitative estimate of drug-likeness (QED) is 0.366. The van der Waals surface area contributed by atoms with Crippen LogP contribution in [0.2, 0.25) is 0 Å². The van der Waals surface area contributed by atoms with E-state index in [0.717, 1.165) is 49.3 Å². The molecule has 0 aliphatic carbocycles. The summed E-state index contributed by atoms with van der Waals surface area (Å²) >= 11 is 0. The van der Waals surface area contributed by atoms with Crippen LogP contribution in [0.25, 0.3) is 11.8 Å². The van der Waals surface area contributed by atoms with Crippen LogP contribution >= 0.6 is 0 Å². The molecule has 0 saturated carbocycles. The zero-order valence-electron chi connectivity index (χ0n) is 23.9. The van der Waals surface area contributed by atoms with Gasteiger partial charge in [0.2, 0.25) is 0 Å². The minimum absolute atomic E-state index is 0.0579. The summed E-state index contributed by atoms with van der Waals surface area (Å²) in [7, 11) is 0. The van der Waals surface area contributed by atoms with Crippen molar-refractivity contribution < 1.29 is 24.6 Å². The van der Waals surface area contributed by atoms with Gasteiger partial charge in [0.1, 0.15) is 0 Å². The Morgan fingerprint density at radius 2 is 1.36 bits per heavy atom. The van der Waals surface area contributed by atoms with E-state index in [2.05, 4.69) is 22.1 Å². The van der Waals surface area contributed by atoms with Crippen LogP contribution in [0.3, 0.4) is 0 Å². The number of benzene rings is 3. The van der Waals surface area contributed by atoms with Gasteiger partial charge in [-0.1, -0.05) is 0 Å². The fraction of sp³-hybridized carbons (Fsp3) is 0.206. The summed E-state index contributed by atoms with van der Waals surface area (Å²) in [6.45, 7) is 3.84.